The number of nitrogens with one attached hydrogen (secondary N) is 2. The van der Waals surface area contributed by atoms with Crippen LogP contribution >= 0.6 is 0 Å². The van der Waals surface area contributed by atoms with Crippen molar-refractivity contribution in [3.05, 3.63) is 23.9 Å². The van der Waals surface area contributed by atoms with Gasteiger partial charge in [-0.25, -0.2) is 18.1 Å². The van der Waals surface area contributed by atoms with Crippen LogP contribution in [-0.2, 0) is 16.6 Å². The van der Waals surface area contributed by atoms with Gasteiger partial charge in [0.1, 0.15) is 0 Å². The molecule has 0 spiro atoms. The first-order chi connectivity index (χ1) is 9.64. The van der Waals surface area contributed by atoms with Crippen molar-refractivity contribution in [2.45, 2.75) is 44.1 Å². The normalized spacial score (nSPS) is 14.1. The molecule has 1 heterocycles. The van der Waals surface area contributed by atoms with Gasteiger partial charge in [-0.05, 0) is 25.1 Å². The lowest BCUT2D eigenvalue weighted by molar-refractivity contribution is -0.137. The summed E-state index contributed by atoms with van der Waals surface area (Å²) in [4.78, 5) is 3.78. The van der Waals surface area contributed by atoms with Gasteiger partial charge in [-0.15, -0.1) is 0 Å². The standard InChI is InChI=1S/C12H18F3N3O2S/c1-3-16-7-10-4-5-11(17-8-10)21(19,20)18-9(2)6-12(13,14)15/h4-5,8-9,16,18H,3,6-7H2,1-2H3. The van der Waals surface area contributed by atoms with Crippen LogP contribution in [0.2, 0.25) is 0 Å². The van der Waals surface area contributed by atoms with Crippen molar-refractivity contribution < 1.29 is 21.6 Å². The first kappa shape index (κ1) is 17.9. The van der Waals surface area contributed by atoms with Crippen LogP contribution in [0.15, 0.2) is 23.4 Å². The second-order valence-electron chi connectivity index (χ2n) is 4.63. The van der Waals surface area contributed by atoms with Crippen LogP contribution < -0.4 is 10.0 Å². The van der Waals surface area contributed by atoms with E-state index < -0.39 is 28.7 Å². The number of alkyl halides is 3. The Hall–Kier alpha value is -1.19. The summed E-state index contributed by atoms with van der Waals surface area (Å²) in [5, 5.41) is 2.76. The fraction of sp³-hybridized carbons (Fsp3) is 0.583. The highest BCUT2D eigenvalue weighted by Gasteiger charge is 2.32. The SMILES string of the molecule is CCNCc1ccc(S(=O)(=O)NC(C)CC(F)(F)F)nc1. The molecule has 0 aliphatic heterocycles. The van der Waals surface area contributed by atoms with Gasteiger partial charge in [0.25, 0.3) is 10.0 Å². The van der Waals surface area contributed by atoms with Crippen molar-refractivity contribution in [1.29, 1.82) is 0 Å². The minimum atomic E-state index is -4.43. The number of pyridine rings is 1. The lowest BCUT2D eigenvalue weighted by Crippen LogP contribution is -2.36. The van der Waals surface area contributed by atoms with Gasteiger partial charge in [-0.3, -0.25) is 0 Å². The number of rotatable bonds is 7. The van der Waals surface area contributed by atoms with Gasteiger partial charge in [0.05, 0.1) is 6.42 Å². The number of hydrogen-bond acceptors (Lipinski definition) is 4. The maximum absolute atomic E-state index is 12.2. The third kappa shape index (κ3) is 6.40. The molecule has 120 valence electrons. The second kappa shape index (κ2) is 7.19. The average Bonchev–Trinajstić information content (AvgIpc) is 2.33. The third-order valence-corrected chi connectivity index (χ3v) is 4.05. The highest BCUT2D eigenvalue weighted by atomic mass is 32.2. The molecule has 21 heavy (non-hydrogen) atoms. The van der Waals surface area contributed by atoms with Crippen LogP contribution in [0.5, 0.6) is 0 Å². The molecule has 5 nitrogen and oxygen atoms in total. The van der Waals surface area contributed by atoms with E-state index in [9.17, 15) is 21.6 Å². The molecule has 2 N–H and O–H groups in total. The lowest BCUT2D eigenvalue weighted by atomic mass is 10.2. The van der Waals surface area contributed by atoms with E-state index in [1.54, 1.807) is 6.07 Å². The summed E-state index contributed by atoms with van der Waals surface area (Å²) in [6.07, 6.45) is -4.28. The molecular weight excluding hydrogens is 307 g/mol. The molecule has 0 saturated carbocycles. The van der Waals surface area contributed by atoms with Crippen LogP contribution in [0.3, 0.4) is 0 Å². The quantitative estimate of drug-likeness (QED) is 0.802. The molecule has 0 bridgehead atoms. The number of halogens is 3. The molecule has 0 aliphatic carbocycles. The Morgan fingerprint density at radius 3 is 2.48 bits per heavy atom. The summed E-state index contributed by atoms with van der Waals surface area (Å²) < 4.78 is 62.4. The number of aromatic nitrogens is 1. The minimum Gasteiger partial charge on any atom is -0.313 e. The minimum absolute atomic E-state index is 0.295. The Labute approximate surface area is 122 Å². The summed E-state index contributed by atoms with van der Waals surface area (Å²) in [5.41, 5.74) is 0.791. The van der Waals surface area contributed by atoms with Crippen molar-refractivity contribution in [2.24, 2.45) is 0 Å². The fourth-order valence-corrected chi connectivity index (χ4v) is 2.83. The summed E-state index contributed by atoms with van der Waals surface area (Å²) in [6.45, 7) is 4.39. The average molecular weight is 325 g/mol. The van der Waals surface area contributed by atoms with E-state index in [4.69, 9.17) is 0 Å². The zero-order chi connectivity index (χ0) is 16.1. The molecule has 0 aliphatic rings. The van der Waals surface area contributed by atoms with Crippen molar-refractivity contribution >= 4 is 10.0 Å². The Morgan fingerprint density at radius 2 is 2.00 bits per heavy atom. The van der Waals surface area contributed by atoms with E-state index >= 15 is 0 Å². The summed E-state index contributed by atoms with van der Waals surface area (Å²) in [6, 6.07) is 1.59. The highest BCUT2D eigenvalue weighted by Crippen LogP contribution is 2.22. The molecule has 0 amide bonds. The van der Waals surface area contributed by atoms with E-state index in [1.807, 2.05) is 11.6 Å². The van der Waals surface area contributed by atoms with E-state index in [2.05, 4.69) is 10.3 Å². The zero-order valence-electron chi connectivity index (χ0n) is 11.7. The molecule has 0 aromatic carbocycles. The van der Waals surface area contributed by atoms with Gasteiger partial charge in [0, 0.05) is 18.8 Å². The van der Waals surface area contributed by atoms with Gasteiger partial charge in [-0.1, -0.05) is 13.0 Å². The summed E-state index contributed by atoms with van der Waals surface area (Å²) >= 11 is 0. The Morgan fingerprint density at radius 1 is 1.33 bits per heavy atom. The largest absolute Gasteiger partial charge is 0.390 e. The lowest BCUT2D eigenvalue weighted by Gasteiger charge is -2.15. The van der Waals surface area contributed by atoms with E-state index in [-0.39, 0.29) is 5.03 Å². The molecule has 1 rings (SSSR count). The van der Waals surface area contributed by atoms with Crippen LogP contribution in [0, 0.1) is 0 Å². The Balaban J connectivity index is 2.74. The predicted octanol–water partition coefficient (Wildman–Crippen LogP) is 1.81. The maximum atomic E-state index is 12.2. The molecule has 1 atom stereocenters. The molecule has 0 saturated heterocycles. The molecular formula is C12H18F3N3O2S. The first-order valence-electron chi connectivity index (χ1n) is 6.39. The van der Waals surface area contributed by atoms with Crippen molar-refractivity contribution in [3.8, 4) is 0 Å². The third-order valence-electron chi connectivity index (χ3n) is 2.55. The van der Waals surface area contributed by atoms with E-state index in [0.717, 1.165) is 19.0 Å². The topological polar surface area (TPSA) is 71.1 Å². The summed E-state index contributed by atoms with van der Waals surface area (Å²) in [5.74, 6) is 0. The van der Waals surface area contributed by atoms with Crippen LogP contribution in [0.1, 0.15) is 25.8 Å². The van der Waals surface area contributed by atoms with Gasteiger partial charge in [0.2, 0.25) is 0 Å². The van der Waals surface area contributed by atoms with Crippen molar-refractivity contribution in [1.82, 2.24) is 15.0 Å². The van der Waals surface area contributed by atoms with Crippen LogP contribution in [-0.4, -0.2) is 32.2 Å². The molecule has 9 heteroatoms. The highest BCUT2D eigenvalue weighted by molar-refractivity contribution is 7.89. The van der Waals surface area contributed by atoms with E-state index in [1.165, 1.54) is 12.3 Å². The molecule has 0 radical (unpaired) electrons. The number of hydrogen-bond donors (Lipinski definition) is 2. The number of nitrogens with zero attached hydrogens (tertiary/aromatic N) is 1. The first-order valence-corrected chi connectivity index (χ1v) is 7.87. The molecule has 1 aromatic heterocycles. The van der Waals surface area contributed by atoms with Gasteiger partial charge >= 0.3 is 6.18 Å². The van der Waals surface area contributed by atoms with Crippen molar-refractivity contribution in [3.63, 3.8) is 0 Å². The summed E-state index contributed by atoms with van der Waals surface area (Å²) in [7, 11) is -4.05. The molecule has 1 aromatic rings. The molecule has 0 fully saturated rings. The zero-order valence-corrected chi connectivity index (χ0v) is 12.6. The van der Waals surface area contributed by atoms with Crippen molar-refractivity contribution in [2.75, 3.05) is 6.54 Å². The number of sulfonamides is 1. The smallest absolute Gasteiger partial charge is 0.313 e. The fourth-order valence-electron chi connectivity index (χ4n) is 1.66. The van der Waals surface area contributed by atoms with Gasteiger partial charge < -0.3 is 5.32 Å². The van der Waals surface area contributed by atoms with Crippen LogP contribution in [0.4, 0.5) is 13.2 Å². The van der Waals surface area contributed by atoms with Gasteiger partial charge in [0.15, 0.2) is 5.03 Å². The maximum Gasteiger partial charge on any atom is 0.390 e. The van der Waals surface area contributed by atoms with Crippen LogP contribution in [0.25, 0.3) is 0 Å². The van der Waals surface area contributed by atoms with Gasteiger partial charge in [-0.2, -0.15) is 13.2 Å². The second-order valence-corrected chi connectivity index (χ2v) is 6.29. The van der Waals surface area contributed by atoms with E-state index in [0.29, 0.717) is 6.54 Å². The molecule has 1 unspecified atom stereocenters. The predicted molar refractivity (Wildman–Crippen MR) is 72.1 cm³/mol. The Kier molecular flexibility index (Phi) is 6.11. The Bertz CT molecular complexity index is 544. The monoisotopic (exact) mass is 325 g/mol.